The third kappa shape index (κ3) is 3.18. The van der Waals surface area contributed by atoms with Gasteiger partial charge in [0.1, 0.15) is 0 Å². The van der Waals surface area contributed by atoms with Gasteiger partial charge in [-0.2, -0.15) is 0 Å². The lowest BCUT2D eigenvalue weighted by molar-refractivity contribution is -0.132. The van der Waals surface area contributed by atoms with Gasteiger partial charge in [-0.1, -0.05) is 37.3 Å². The number of carbonyl (C=O) groups is 1. The largest absolute Gasteiger partial charge is 0.339 e. The molecule has 1 aliphatic carbocycles. The lowest BCUT2D eigenvalue weighted by Gasteiger charge is -2.33. The van der Waals surface area contributed by atoms with Gasteiger partial charge in [-0.15, -0.1) is 0 Å². The van der Waals surface area contributed by atoms with Crippen LogP contribution in [0.3, 0.4) is 0 Å². The van der Waals surface area contributed by atoms with Crippen LogP contribution in [0.4, 0.5) is 0 Å². The average Bonchev–Trinajstić information content (AvgIpc) is 3.29. The summed E-state index contributed by atoms with van der Waals surface area (Å²) in [6.45, 7) is 6.38. The Labute approximate surface area is 133 Å². The predicted molar refractivity (Wildman–Crippen MR) is 88.9 cm³/mol. The van der Waals surface area contributed by atoms with E-state index in [4.69, 9.17) is 0 Å². The zero-order chi connectivity index (χ0) is 15.6. The summed E-state index contributed by atoms with van der Waals surface area (Å²) < 4.78 is 0. The number of nitrogens with one attached hydrogen (secondary N) is 1. The van der Waals surface area contributed by atoms with E-state index < -0.39 is 0 Å². The highest BCUT2D eigenvalue weighted by Gasteiger charge is 2.53. The summed E-state index contributed by atoms with van der Waals surface area (Å²) in [6, 6.07) is 10.7. The number of benzene rings is 1. The Hall–Kier alpha value is -1.39. The van der Waals surface area contributed by atoms with E-state index >= 15 is 0 Å². The van der Waals surface area contributed by atoms with Crippen LogP contribution in [-0.2, 0) is 4.79 Å². The summed E-state index contributed by atoms with van der Waals surface area (Å²) in [5.74, 6) is 0.804. The third-order valence-corrected chi connectivity index (χ3v) is 5.36. The second-order valence-corrected chi connectivity index (χ2v) is 6.71. The lowest BCUT2D eigenvalue weighted by atomic mass is 10.0. The van der Waals surface area contributed by atoms with Crippen LogP contribution in [0.5, 0.6) is 0 Å². The van der Waals surface area contributed by atoms with Crippen molar-refractivity contribution in [1.29, 1.82) is 0 Å². The number of hydrogen-bond donors (Lipinski definition) is 1. The van der Waals surface area contributed by atoms with Crippen molar-refractivity contribution in [2.24, 2.45) is 0 Å². The van der Waals surface area contributed by atoms with Crippen LogP contribution in [0.1, 0.15) is 31.2 Å². The molecular formula is C18H27N3O. The number of carbonyl (C=O) groups excluding carboxylic acids is 1. The standard InChI is InChI=1S/C18H27N3O/c1-3-18(13-16(18)15-7-5-4-6-8-15)19-14-17(22)21-11-9-20(2)10-12-21/h4-8,16,19H,3,9-14H2,1-2H3. The molecule has 4 nitrogen and oxygen atoms in total. The minimum atomic E-state index is 0.129. The summed E-state index contributed by atoms with van der Waals surface area (Å²) in [6.07, 6.45) is 2.21. The van der Waals surface area contributed by atoms with Crippen molar-refractivity contribution in [2.75, 3.05) is 39.8 Å². The summed E-state index contributed by atoms with van der Waals surface area (Å²) >= 11 is 0. The molecule has 1 aromatic rings. The molecule has 1 amide bonds. The highest BCUT2D eigenvalue weighted by atomic mass is 16.2. The van der Waals surface area contributed by atoms with Gasteiger partial charge in [0.05, 0.1) is 6.54 Å². The topological polar surface area (TPSA) is 35.6 Å². The minimum absolute atomic E-state index is 0.129. The smallest absolute Gasteiger partial charge is 0.236 e. The van der Waals surface area contributed by atoms with E-state index in [9.17, 15) is 4.79 Å². The molecule has 0 bridgehead atoms. The molecule has 120 valence electrons. The molecule has 1 N–H and O–H groups in total. The van der Waals surface area contributed by atoms with E-state index in [2.05, 4.69) is 54.5 Å². The number of likely N-dealkylation sites (N-methyl/N-ethyl adjacent to an activating group) is 1. The first-order valence-corrected chi connectivity index (χ1v) is 8.41. The van der Waals surface area contributed by atoms with Gasteiger partial charge in [0.15, 0.2) is 0 Å². The molecule has 22 heavy (non-hydrogen) atoms. The van der Waals surface area contributed by atoms with Crippen LogP contribution < -0.4 is 5.32 Å². The molecule has 0 radical (unpaired) electrons. The Morgan fingerprint density at radius 1 is 1.23 bits per heavy atom. The molecular weight excluding hydrogens is 274 g/mol. The molecule has 1 heterocycles. The normalized spacial score (nSPS) is 28.6. The summed E-state index contributed by atoms with van der Waals surface area (Å²) in [5, 5.41) is 3.57. The second-order valence-electron chi connectivity index (χ2n) is 6.71. The Morgan fingerprint density at radius 2 is 1.91 bits per heavy atom. The van der Waals surface area contributed by atoms with Crippen LogP contribution in [-0.4, -0.2) is 61.0 Å². The molecule has 2 aliphatic rings. The first-order chi connectivity index (χ1) is 10.6. The monoisotopic (exact) mass is 301 g/mol. The van der Waals surface area contributed by atoms with Gasteiger partial charge in [-0.3, -0.25) is 4.79 Å². The van der Waals surface area contributed by atoms with Crippen LogP contribution in [0.2, 0.25) is 0 Å². The summed E-state index contributed by atoms with van der Waals surface area (Å²) in [7, 11) is 2.11. The molecule has 2 unspecified atom stereocenters. The van der Waals surface area contributed by atoms with E-state index in [1.54, 1.807) is 0 Å². The highest BCUT2D eigenvalue weighted by Crippen LogP contribution is 2.53. The highest BCUT2D eigenvalue weighted by molar-refractivity contribution is 5.78. The van der Waals surface area contributed by atoms with Gasteiger partial charge in [-0.05, 0) is 25.5 Å². The molecule has 3 rings (SSSR count). The summed E-state index contributed by atoms with van der Waals surface area (Å²) in [4.78, 5) is 16.7. The van der Waals surface area contributed by atoms with Gasteiger partial charge in [-0.25, -0.2) is 0 Å². The molecule has 2 fully saturated rings. The number of nitrogens with zero attached hydrogens (tertiary/aromatic N) is 2. The van der Waals surface area contributed by atoms with Gasteiger partial charge < -0.3 is 15.1 Å². The van der Waals surface area contributed by atoms with Crippen LogP contribution in [0.25, 0.3) is 0 Å². The Balaban J connectivity index is 1.53. The van der Waals surface area contributed by atoms with E-state index in [0.29, 0.717) is 12.5 Å². The molecule has 1 aromatic carbocycles. The van der Waals surface area contributed by atoms with Crippen molar-refractivity contribution in [2.45, 2.75) is 31.2 Å². The zero-order valence-electron chi connectivity index (χ0n) is 13.7. The van der Waals surface area contributed by atoms with Gasteiger partial charge in [0.2, 0.25) is 5.91 Å². The number of hydrogen-bond acceptors (Lipinski definition) is 3. The number of rotatable bonds is 5. The molecule has 1 aliphatic heterocycles. The third-order valence-electron chi connectivity index (χ3n) is 5.36. The van der Waals surface area contributed by atoms with E-state index in [-0.39, 0.29) is 11.4 Å². The fraction of sp³-hybridized carbons (Fsp3) is 0.611. The maximum Gasteiger partial charge on any atom is 0.236 e. The first-order valence-electron chi connectivity index (χ1n) is 8.41. The Morgan fingerprint density at radius 3 is 2.55 bits per heavy atom. The van der Waals surface area contributed by atoms with Crippen molar-refractivity contribution in [1.82, 2.24) is 15.1 Å². The van der Waals surface area contributed by atoms with E-state index in [0.717, 1.165) is 39.0 Å². The van der Waals surface area contributed by atoms with E-state index in [1.807, 2.05) is 4.90 Å². The molecule has 0 spiro atoms. The number of piperazine rings is 1. The van der Waals surface area contributed by atoms with Gasteiger partial charge in [0.25, 0.3) is 0 Å². The number of amides is 1. The quantitative estimate of drug-likeness (QED) is 0.899. The zero-order valence-corrected chi connectivity index (χ0v) is 13.7. The predicted octanol–water partition coefficient (Wildman–Crippen LogP) is 1.69. The van der Waals surface area contributed by atoms with Crippen LogP contribution in [0.15, 0.2) is 30.3 Å². The van der Waals surface area contributed by atoms with Crippen molar-refractivity contribution in [3.63, 3.8) is 0 Å². The molecule has 0 aromatic heterocycles. The minimum Gasteiger partial charge on any atom is -0.339 e. The molecule has 4 heteroatoms. The first kappa shape index (κ1) is 15.5. The second kappa shape index (κ2) is 6.39. The molecule has 1 saturated carbocycles. The fourth-order valence-electron chi connectivity index (χ4n) is 3.56. The maximum absolute atomic E-state index is 12.4. The van der Waals surface area contributed by atoms with Crippen molar-refractivity contribution < 1.29 is 4.79 Å². The lowest BCUT2D eigenvalue weighted by Crippen LogP contribution is -2.50. The Bertz CT molecular complexity index is 510. The fourth-order valence-corrected chi connectivity index (χ4v) is 3.56. The van der Waals surface area contributed by atoms with Crippen molar-refractivity contribution in [3.05, 3.63) is 35.9 Å². The van der Waals surface area contributed by atoms with Crippen LogP contribution in [0, 0.1) is 0 Å². The van der Waals surface area contributed by atoms with Gasteiger partial charge >= 0.3 is 0 Å². The van der Waals surface area contributed by atoms with Crippen molar-refractivity contribution >= 4 is 5.91 Å². The molecule has 1 saturated heterocycles. The van der Waals surface area contributed by atoms with Crippen molar-refractivity contribution in [3.8, 4) is 0 Å². The average molecular weight is 301 g/mol. The Kier molecular flexibility index (Phi) is 4.50. The summed E-state index contributed by atoms with van der Waals surface area (Å²) in [5.41, 5.74) is 1.52. The van der Waals surface area contributed by atoms with Gasteiger partial charge in [0, 0.05) is 37.6 Å². The van der Waals surface area contributed by atoms with E-state index in [1.165, 1.54) is 5.56 Å². The SMILES string of the molecule is CCC1(NCC(=O)N2CCN(C)CC2)CC1c1ccccc1. The maximum atomic E-state index is 12.4. The van der Waals surface area contributed by atoms with Crippen LogP contribution >= 0.6 is 0 Å². The molecule has 2 atom stereocenters.